The van der Waals surface area contributed by atoms with Gasteiger partial charge in [0.05, 0.1) is 17.5 Å². The van der Waals surface area contributed by atoms with Gasteiger partial charge in [-0.3, -0.25) is 4.79 Å². The zero-order valence-electron chi connectivity index (χ0n) is 22.5. The van der Waals surface area contributed by atoms with Crippen molar-refractivity contribution in [2.45, 2.75) is 65.8 Å². The molecule has 0 unspecified atom stereocenters. The van der Waals surface area contributed by atoms with Gasteiger partial charge in [0.15, 0.2) is 0 Å². The Bertz CT molecular complexity index is 1330. The minimum Gasteiger partial charge on any atom is -0.348 e. The second-order valence-electron chi connectivity index (χ2n) is 9.88. The molecule has 0 saturated heterocycles. The van der Waals surface area contributed by atoms with E-state index in [0.717, 1.165) is 27.8 Å². The maximum atomic E-state index is 13.9. The van der Waals surface area contributed by atoms with Crippen LogP contribution in [0.5, 0.6) is 0 Å². The lowest BCUT2D eigenvalue weighted by Crippen LogP contribution is -2.42. The average Bonchev–Trinajstić information content (AvgIpc) is 2.78. The number of nitrogens with one attached hydrogen (secondary N) is 1. The molecular weight excluding hydrogens is 468 g/mol. The first-order valence-electron chi connectivity index (χ1n) is 12.4. The maximum absolute atomic E-state index is 13.9. The van der Waals surface area contributed by atoms with Crippen LogP contribution in [0.3, 0.4) is 0 Å². The highest BCUT2D eigenvalue weighted by Gasteiger charge is 2.30. The van der Waals surface area contributed by atoms with Crippen molar-refractivity contribution in [1.82, 2.24) is 9.62 Å². The number of sulfonamides is 1. The fourth-order valence-corrected chi connectivity index (χ4v) is 6.67. The normalized spacial score (nSPS) is 12.6. The Morgan fingerprint density at radius 3 is 2.03 bits per heavy atom. The third-order valence-corrected chi connectivity index (χ3v) is 8.89. The monoisotopic (exact) mass is 506 g/mol. The van der Waals surface area contributed by atoms with Gasteiger partial charge in [0.1, 0.15) is 0 Å². The van der Waals surface area contributed by atoms with E-state index >= 15 is 0 Å². The lowest BCUT2D eigenvalue weighted by atomic mass is 9.96. The molecule has 0 aromatic heterocycles. The van der Waals surface area contributed by atoms with Crippen molar-refractivity contribution in [1.29, 1.82) is 0 Å². The quantitative estimate of drug-likeness (QED) is 0.408. The van der Waals surface area contributed by atoms with Gasteiger partial charge in [-0.25, -0.2) is 8.42 Å². The molecule has 0 saturated carbocycles. The largest absolute Gasteiger partial charge is 0.348 e. The van der Waals surface area contributed by atoms with E-state index in [2.05, 4.69) is 31.3 Å². The molecule has 0 bridgehead atoms. The molecule has 0 aliphatic heterocycles. The predicted octanol–water partition coefficient (Wildman–Crippen LogP) is 5.65. The van der Waals surface area contributed by atoms with Crippen LogP contribution in [0.4, 0.5) is 0 Å². The molecule has 36 heavy (non-hydrogen) atoms. The van der Waals surface area contributed by atoms with E-state index in [4.69, 9.17) is 0 Å². The van der Waals surface area contributed by atoms with Gasteiger partial charge < -0.3 is 5.32 Å². The predicted molar refractivity (Wildman–Crippen MR) is 147 cm³/mol. The molecule has 0 spiro atoms. The van der Waals surface area contributed by atoms with Crippen LogP contribution in [0.1, 0.15) is 57.5 Å². The summed E-state index contributed by atoms with van der Waals surface area (Å²) in [6.07, 6.45) is 0.517. The Labute approximate surface area is 216 Å². The van der Waals surface area contributed by atoms with Crippen molar-refractivity contribution in [3.05, 3.63) is 99.1 Å². The Balaban J connectivity index is 1.88. The molecular formula is C30H38N2O3S. The zero-order valence-corrected chi connectivity index (χ0v) is 23.3. The zero-order chi connectivity index (χ0) is 26.6. The molecule has 5 nitrogen and oxygen atoms in total. The number of amides is 1. The van der Waals surface area contributed by atoms with E-state index in [1.165, 1.54) is 9.87 Å². The van der Waals surface area contributed by atoms with Gasteiger partial charge in [-0.1, -0.05) is 60.2 Å². The summed E-state index contributed by atoms with van der Waals surface area (Å²) < 4.78 is 29.1. The van der Waals surface area contributed by atoms with Crippen molar-refractivity contribution in [2.75, 3.05) is 13.1 Å². The summed E-state index contributed by atoms with van der Waals surface area (Å²) in [4.78, 5) is 13.5. The van der Waals surface area contributed by atoms with Crippen LogP contribution in [0, 0.1) is 41.5 Å². The summed E-state index contributed by atoms with van der Waals surface area (Å²) in [5.41, 5.74) is 7.92. The summed E-state index contributed by atoms with van der Waals surface area (Å²) in [6.45, 7) is 13.6. The molecule has 0 aliphatic rings. The maximum Gasteiger partial charge on any atom is 0.244 e. The Hall–Kier alpha value is -2.96. The number of benzene rings is 3. The molecule has 0 heterocycles. The van der Waals surface area contributed by atoms with Crippen LogP contribution in [0.2, 0.25) is 0 Å². The first kappa shape index (κ1) is 27.6. The summed E-state index contributed by atoms with van der Waals surface area (Å²) in [6, 6.07) is 17.5. The molecule has 1 atom stereocenters. The molecule has 0 radical (unpaired) electrons. The molecule has 1 N–H and O–H groups in total. The first-order valence-corrected chi connectivity index (χ1v) is 13.8. The molecule has 3 aromatic carbocycles. The van der Waals surface area contributed by atoms with E-state index in [-0.39, 0.29) is 29.9 Å². The number of carbonyl (C=O) groups is 1. The van der Waals surface area contributed by atoms with Crippen LogP contribution < -0.4 is 5.32 Å². The standard InChI is InChI=1S/C30H38N2O3S/c1-20-15-24(5)30(25(6)16-20)36(34,35)32(14-13-27-11-9-8-10-12-27)19-29(33)31-26(7)28-18-22(3)21(2)17-23(28)4/h8-12,15-18,26H,13-14,19H2,1-7H3,(H,31,33)/t26-/m0/s1. The SMILES string of the molecule is Cc1cc(C)c(S(=O)(=O)N(CCc2ccccc2)CC(=O)N[C@@H](C)c2cc(C)c(C)cc2C)c(C)c1. The second-order valence-corrected chi connectivity index (χ2v) is 11.8. The highest BCUT2D eigenvalue weighted by atomic mass is 32.2. The first-order chi connectivity index (χ1) is 16.9. The van der Waals surface area contributed by atoms with Crippen molar-refractivity contribution in [3.8, 4) is 0 Å². The van der Waals surface area contributed by atoms with Gasteiger partial charge in [0.25, 0.3) is 0 Å². The number of carbonyl (C=O) groups excluding carboxylic acids is 1. The highest BCUT2D eigenvalue weighted by molar-refractivity contribution is 7.89. The number of aryl methyl sites for hydroxylation is 6. The van der Waals surface area contributed by atoms with Gasteiger partial charge in [-0.05, 0) is 93.8 Å². The van der Waals surface area contributed by atoms with Gasteiger partial charge in [-0.15, -0.1) is 0 Å². The van der Waals surface area contributed by atoms with Crippen LogP contribution in [-0.4, -0.2) is 31.7 Å². The number of hydrogen-bond acceptors (Lipinski definition) is 3. The topological polar surface area (TPSA) is 66.5 Å². The molecule has 6 heteroatoms. The molecule has 3 aromatic rings. The van der Waals surface area contributed by atoms with E-state index in [0.29, 0.717) is 17.5 Å². The lowest BCUT2D eigenvalue weighted by molar-refractivity contribution is -0.121. The van der Waals surface area contributed by atoms with Gasteiger partial charge >= 0.3 is 0 Å². The van der Waals surface area contributed by atoms with Crippen LogP contribution in [0.15, 0.2) is 59.5 Å². The summed E-state index contributed by atoms with van der Waals surface area (Å²) in [5, 5.41) is 3.03. The lowest BCUT2D eigenvalue weighted by Gasteiger charge is -2.25. The Kier molecular flexibility index (Phi) is 8.75. The molecule has 3 rings (SSSR count). The fraction of sp³-hybridized carbons (Fsp3) is 0.367. The fourth-order valence-electron chi connectivity index (χ4n) is 4.86. The minimum atomic E-state index is -3.89. The number of nitrogens with zero attached hydrogens (tertiary/aromatic N) is 1. The van der Waals surface area contributed by atoms with E-state index in [9.17, 15) is 13.2 Å². The van der Waals surface area contributed by atoms with Crippen molar-refractivity contribution in [3.63, 3.8) is 0 Å². The van der Waals surface area contributed by atoms with Crippen molar-refractivity contribution >= 4 is 15.9 Å². The molecule has 0 fully saturated rings. The van der Waals surface area contributed by atoms with Crippen LogP contribution in [0.25, 0.3) is 0 Å². The van der Waals surface area contributed by atoms with E-state index < -0.39 is 10.0 Å². The average molecular weight is 507 g/mol. The molecule has 0 aliphatic carbocycles. The van der Waals surface area contributed by atoms with Crippen molar-refractivity contribution < 1.29 is 13.2 Å². The summed E-state index contributed by atoms with van der Waals surface area (Å²) in [7, 11) is -3.89. The number of hydrogen-bond donors (Lipinski definition) is 1. The van der Waals surface area contributed by atoms with Gasteiger partial charge in [0, 0.05) is 6.54 Å². The third-order valence-electron chi connectivity index (χ3n) is 6.74. The van der Waals surface area contributed by atoms with E-state index in [1.807, 2.05) is 77.1 Å². The van der Waals surface area contributed by atoms with Crippen LogP contribution in [-0.2, 0) is 21.2 Å². The smallest absolute Gasteiger partial charge is 0.244 e. The van der Waals surface area contributed by atoms with Crippen LogP contribution >= 0.6 is 0 Å². The molecule has 1 amide bonds. The van der Waals surface area contributed by atoms with Gasteiger partial charge in [-0.2, -0.15) is 4.31 Å². The highest BCUT2D eigenvalue weighted by Crippen LogP contribution is 2.26. The molecule has 192 valence electrons. The minimum absolute atomic E-state index is 0.212. The summed E-state index contributed by atoms with van der Waals surface area (Å²) in [5.74, 6) is -0.320. The Morgan fingerprint density at radius 1 is 0.833 bits per heavy atom. The second kappa shape index (κ2) is 11.4. The summed E-state index contributed by atoms with van der Waals surface area (Å²) >= 11 is 0. The number of rotatable bonds is 9. The van der Waals surface area contributed by atoms with E-state index in [1.54, 1.807) is 0 Å². The van der Waals surface area contributed by atoms with Gasteiger partial charge in [0.2, 0.25) is 15.9 Å². The Morgan fingerprint density at radius 2 is 1.42 bits per heavy atom. The van der Waals surface area contributed by atoms with Crippen molar-refractivity contribution in [2.24, 2.45) is 0 Å². The third kappa shape index (κ3) is 6.42.